The molecule has 5 heteroatoms. The van der Waals surface area contributed by atoms with Crippen LogP contribution >= 0.6 is 0 Å². The molecule has 1 aromatic carbocycles. The monoisotopic (exact) mass is 311 g/mol. The first-order valence-corrected chi connectivity index (χ1v) is 7.55. The normalized spacial score (nSPS) is 10.2. The topological polar surface area (TPSA) is 62.3 Å². The van der Waals surface area contributed by atoms with Crippen LogP contribution in [-0.4, -0.2) is 28.7 Å². The number of aryl methyl sites for hydroxylation is 1. The average molecular weight is 311 g/mol. The van der Waals surface area contributed by atoms with Gasteiger partial charge in [-0.05, 0) is 36.8 Å². The lowest BCUT2D eigenvalue weighted by molar-refractivity contribution is -0.132. The van der Waals surface area contributed by atoms with Crippen LogP contribution in [0.2, 0.25) is 0 Å². The second-order valence-corrected chi connectivity index (χ2v) is 5.47. The Morgan fingerprint density at radius 1 is 1.13 bits per heavy atom. The zero-order chi connectivity index (χ0) is 16.7. The Kier molecular flexibility index (Phi) is 5.86. The quantitative estimate of drug-likeness (QED) is 0.892. The van der Waals surface area contributed by atoms with Gasteiger partial charge >= 0.3 is 0 Å². The molecule has 1 N–H and O–H groups in total. The van der Waals surface area contributed by atoms with Gasteiger partial charge in [0.1, 0.15) is 0 Å². The van der Waals surface area contributed by atoms with Gasteiger partial charge in [0.15, 0.2) is 0 Å². The van der Waals surface area contributed by atoms with Crippen LogP contribution in [-0.2, 0) is 16.1 Å². The molecule has 5 nitrogen and oxygen atoms in total. The number of benzene rings is 1. The van der Waals surface area contributed by atoms with Crippen molar-refractivity contribution in [2.24, 2.45) is 0 Å². The Morgan fingerprint density at radius 3 is 2.57 bits per heavy atom. The average Bonchev–Trinajstić information content (AvgIpc) is 2.53. The minimum Gasteiger partial charge on any atom is -0.341 e. The van der Waals surface area contributed by atoms with Gasteiger partial charge in [-0.25, -0.2) is 0 Å². The SMILES string of the molecule is Cc1cc(CN(C)C(=O)CCC(=O)Nc2ccccc2)ccn1. The summed E-state index contributed by atoms with van der Waals surface area (Å²) in [6.07, 6.45) is 2.10. The molecule has 1 heterocycles. The van der Waals surface area contributed by atoms with Crippen molar-refractivity contribution in [2.75, 3.05) is 12.4 Å². The van der Waals surface area contributed by atoms with Crippen molar-refractivity contribution >= 4 is 17.5 Å². The van der Waals surface area contributed by atoms with Gasteiger partial charge in [-0.2, -0.15) is 0 Å². The molecular formula is C18H21N3O2. The van der Waals surface area contributed by atoms with Crippen molar-refractivity contribution in [1.82, 2.24) is 9.88 Å². The highest BCUT2D eigenvalue weighted by molar-refractivity contribution is 5.93. The third kappa shape index (κ3) is 5.54. The first-order valence-electron chi connectivity index (χ1n) is 7.55. The van der Waals surface area contributed by atoms with Gasteiger partial charge in [0.05, 0.1) is 0 Å². The van der Waals surface area contributed by atoms with Crippen molar-refractivity contribution in [3.05, 3.63) is 59.9 Å². The highest BCUT2D eigenvalue weighted by Gasteiger charge is 2.12. The van der Waals surface area contributed by atoms with Crippen molar-refractivity contribution in [3.63, 3.8) is 0 Å². The lowest BCUT2D eigenvalue weighted by atomic mass is 10.2. The molecule has 120 valence electrons. The minimum atomic E-state index is -0.155. The maximum atomic E-state index is 12.1. The van der Waals surface area contributed by atoms with Gasteiger partial charge in [-0.3, -0.25) is 14.6 Å². The standard InChI is InChI=1S/C18H21N3O2/c1-14-12-15(10-11-19-14)13-21(2)18(23)9-8-17(22)20-16-6-4-3-5-7-16/h3-7,10-12H,8-9,13H2,1-2H3,(H,20,22). The zero-order valence-corrected chi connectivity index (χ0v) is 13.5. The van der Waals surface area contributed by atoms with Crippen LogP contribution in [0, 0.1) is 6.92 Å². The van der Waals surface area contributed by atoms with E-state index in [2.05, 4.69) is 10.3 Å². The van der Waals surface area contributed by atoms with Crippen LogP contribution < -0.4 is 5.32 Å². The van der Waals surface area contributed by atoms with E-state index in [4.69, 9.17) is 0 Å². The summed E-state index contributed by atoms with van der Waals surface area (Å²) in [5.41, 5.74) is 2.69. The first kappa shape index (κ1) is 16.7. The fourth-order valence-electron chi connectivity index (χ4n) is 2.22. The molecule has 2 rings (SSSR count). The molecule has 0 atom stereocenters. The summed E-state index contributed by atoms with van der Waals surface area (Å²) in [6.45, 7) is 2.43. The predicted molar refractivity (Wildman–Crippen MR) is 89.8 cm³/mol. The maximum absolute atomic E-state index is 12.1. The molecule has 0 bridgehead atoms. The number of carbonyl (C=O) groups excluding carboxylic acids is 2. The predicted octanol–water partition coefficient (Wildman–Crippen LogP) is 2.77. The second-order valence-electron chi connectivity index (χ2n) is 5.47. The zero-order valence-electron chi connectivity index (χ0n) is 13.5. The van der Waals surface area contributed by atoms with Crippen LogP contribution in [0.4, 0.5) is 5.69 Å². The van der Waals surface area contributed by atoms with Gasteiger partial charge in [0.2, 0.25) is 11.8 Å². The third-order valence-corrected chi connectivity index (χ3v) is 3.43. The van der Waals surface area contributed by atoms with Crippen LogP contribution in [0.25, 0.3) is 0 Å². The summed E-state index contributed by atoms with van der Waals surface area (Å²) in [5, 5.41) is 2.78. The Hall–Kier alpha value is -2.69. The van der Waals surface area contributed by atoms with Crippen LogP contribution in [0.1, 0.15) is 24.1 Å². The van der Waals surface area contributed by atoms with Crippen molar-refractivity contribution < 1.29 is 9.59 Å². The number of anilines is 1. The number of pyridine rings is 1. The molecule has 0 saturated carbocycles. The smallest absolute Gasteiger partial charge is 0.224 e. The summed E-state index contributed by atoms with van der Waals surface area (Å²) in [7, 11) is 1.74. The summed E-state index contributed by atoms with van der Waals surface area (Å²) < 4.78 is 0. The highest BCUT2D eigenvalue weighted by Crippen LogP contribution is 2.08. The van der Waals surface area contributed by atoms with Crippen LogP contribution in [0.5, 0.6) is 0 Å². The number of carbonyl (C=O) groups is 2. The van der Waals surface area contributed by atoms with Gasteiger partial charge in [-0.1, -0.05) is 18.2 Å². The summed E-state index contributed by atoms with van der Waals surface area (Å²) in [4.78, 5) is 29.7. The molecule has 0 unspecified atom stereocenters. The van der Waals surface area contributed by atoms with E-state index in [0.29, 0.717) is 6.54 Å². The molecule has 0 fully saturated rings. The minimum absolute atomic E-state index is 0.0531. The van der Waals surface area contributed by atoms with E-state index in [9.17, 15) is 9.59 Å². The lowest BCUT2D eigenvalue weighted by Gasteiger charge is -2.17. The number of nitrogens with one attached hydrogen (secondary N) is 1. The van der Waals surface area contributed by atoms with Gasteiger partial charge in [0.25, 0.3) is 0 Å². The number of hydrogen-bond donors (Lipinski definition) is 1. The van der Waals surface area contributed by atoms with E-state index in [1.54, 1.807) is 18.1 Å². The number of hydrogen-bond acceptors (Lipinski definition) is 3. The fourth-order valence-corrected chi connectivity index (χ4v) is 2.22. The number of amides is 2. The Bertz CT molecular complexity index is 671. The molecule has 2 aromatic rings. The number of para-hydroxylation sites is 1. The molecule has 0 aliphatic carbocycles. The molecule has 2 amide bonds. The van der Waals surface area contributed by atoms with E-state index in [1.807, 2.05) is 49.4 Å². The lowest BCUT2D eigenvalue weighted by Crippen LogP contribution is -2.27. The van der Waals surface area contributed by atoms with E-state index in [0.717, 1.165) is 16.9 Å². The van der Waals surface area contributed by atoms with E-state index < -0.39 is 0 Å². The van der Waals surface area contributed by atoms with E-state index in [1.165, 1.54) is 0 Å². The van der Waals surface area contributed by atoms with Crippen molar-refractivity contribution in [3.8, 4) is 0 Å². The van der Waals surface area contributed by atoms with E-state index in [-0.39, 0.29) is 24.7 Å². The third-order valence-electron chi connectivity index (χ3n) is 3.43. The first-order chi connectivity index (χ1) is 11.0. The van der Waals surface area contributed by atoms with E-state index >= 15 is 0 Å². The van der Waals surface area contributed by atoms with Gasteiger partial charge in [0, 0.05) is 44.0 Å². The summed E-state index contributed by atoms with van der Waals surface area (Å²) in [6, 6.07) is 13.1. The molecule has 1 aromatic heterocycles. The van der Waals surface area contributed by atoms with Crippen molar-refractivity contribution in [1.29, 1.82) is 0 Å². The molecule has 0 aliphatic rings. The Balaban J connectivity index is 1.78. The molecule has 0 aliphatic heterocycles. The molecule has 0 saturated heterocycles. The summed E-state index contributed by atoms with van der Waals surface area (Å²) in [5.74, 6) is -0.208. The Labute approximate surface area is 136 Å². The highest BCUT2D eigenvalue weighted by atomic mass is 16.2. The van der Waals surface area contributed by atoms with Crippen LogP contribution in [0.3, 0.4) is 0 Å². The van der Waals surface area contributed by atoms with Crippen molar-refractivity contribution in [2.45, 2.75) is 26.3 Å². The van der Waals surface area contributed by atoms with Crippen LogP contribution in [0.15, 0.2) is 48.7 Å². The Morgan fingerprint density at radius 2 is 1.87 bits per heavy atom. The molecule has 0 spiro atoms. The summed E-state index contributed by atoms with van der Waals surface area (Å²) >= 11 is 0. The number of rotatable bonds is 6. The molecule has 0 radical (unpaired) electrons. The number of nitrogens with zero attached hydrogens (tertiary/aromatic N) is 2. The second kappa shape index (κ2) is 8.08. The molecular weight excluding hydrogens is 290 g/mol. The van der Waals surface area contributed by atoms with Gasteiger partial charge < -0.3 is 10.2 Å². The van der Waals surface area contributed by atoms with Gasteiger partial charge in [-0.15, -0.1) is 0 Å². The number of aromatic nitrogens is 1. The fraction of sp³-hybridized carbons (Fsp3) is 0.278. The maximum Gasteiger partial charge on any atom is 0.224 e. The largest absolute Gasteiger partial charge is 0.341 e. The molecule has 23 heavy (non-hydrogen) atoms.